The zero-order valence-electron chi connectivity index (χ0n) is 12.1. The molecule has 1 heterocycles. The predicted molar refractivity (Wildman–Crippen MR) is 87.6 cm³/mol. The van der Waals surface area contributed by atoms with Crippen LogP contribution in [0.25, 0.3) is 0 Å². The van der Waals surface area contributed by atoms with E-state index in [9.17, 15) is 0 Å². The van der Waals surface area contributed by atoms with Gasteiger partial charge in [0.15, 0.2) is 5.11 Å². The number of hydrogen-bond acceptors (Lipinski definition) is 1. The highest BCUT2D eigenvalue weighted by Crippen LogP contribution is 2.35. The van der Waals surface area contributed by atoms with Gasteiger partial charge in [0.05, 0.1) is 0 Å². The summed E-state index contributed by atoms with van der Waals surface area (Å²) < 4.78 is 0. The van der Waals surface area contributed by atoms with Gasteiger partial charge in [-0.25, -0.2) is 0 Å². The third-order valence-electron chi connectivity index (χ3n) is 4.79. The molecule has 0 spiro atoms. The maximum atomic E-state index is 5.66. The average Bonchev–Trinajstić information content (AvgIpc) is 2.53. The van der Waals surface area contributed by atoms with Gasteiger partial charge in [0, 0.05) is 19.1 Å². The van der Waals surface area contributed by atoms with E-state index >= 15 is 0 Å². The Morgan fingerprint density at radius 1 is 1.10 bits per heavy atom. The minimum Gasteiger partial charge on any atom is -0.358 e. The SMILES string of the molecule is S=C(NCc1ccccc1)N1CCC[C@H]2CCCC[C@H]21. The molecule has 2 nitrogen and oxygen atoms in total. The van der Waals surface area contributed by atoms with Crippen LogP contribution in [-0.4, -0.2) is 22.6 Å². The van der Waals surface area contributed by atoms with Crippen LogP contribution in [0, 0.1) is 5.92 Å². The molecule has 20 heavy (non-hydrogen) atoms. The first-order valence-electron chi connectivity index (χ1n) is 7.93. The van der Waals surface area contributed by atoms with Crippen LogP contribution in [-0.2, 0) is 6.54 Å². The van der Waals surface area contributed by atoms with Gasteiger partial charge in [-0.3, -0.25) is 0 Å². The van der Waals surface area contributed by atoms with Gasteiger partial charge in [0.25, 0.3) is 0 Å². The third kappa shape index (κ3) is 3.14. The van der Waals surface area contributed by atoms with Gasteiger partial charge in [0.2, 0.25) is 0 Å². The van der Waals surface area contributed by atoms with Crippen molar-refractivity contribution in [2.24, 2.45) is 5.92 Å². The number of nitrogens with zero attached hydrogens (tertiary/aromatic N) is 1. The molecule has 0 unspecified atom stereocenters. The fourth-order valence-corrected chi connectivity index (χ4v) is 4.05. The number of benzene rings is 1. The minimum atomic E-state index is 0.702. The molecule has 1 aromatic rings. The molecule has 2 fully saturated rings. The van der Waals surface area contributed by atoms with Crippen LogP contribution >= 0.6 is 12.2 Å². The van der Waals surface area contributed by atoms with E-state index in [2.05, 4.69) is 40.5 Å². The molecule has 1 saturated carbocycles. The number of nitrogens with one attached hydrogen (secondary N) is 1. The maximum Gasteiger partial charge on any atom is 0.169 e. The summed E-state index contributed by atoms with van der Waals surface area (Å²) in [7, 11) is 0. The summed E-state index contributed by atoms with van der Waals surface area (Å²) in [6.45, 7) is 1.98. The lowest BCUT2D eigenvalue weighted by molar-refractivity contribution is 0.118. The molecule has 1 saturated heterocycles. The zero-order chi connectivity index (χ0) is 13.8. The second-order valence-electron chi connectivity index (χ2n) is 6.09. The molecule has 0 bridgehead atoms. The summed E-state index contributed by atoms with van der Waals surface area (Å²) in [5.41, 5.74) is 1.30. The lowest BCUT2D eigenvalue weighted by Gasteiger charge is -2.45. The van der Waals surface area contributed by atoms with Crippen molar-refractivity contribution in [1.29, 1.82) is 0 Å². The summed E-state index contributed by atoms with van der Waals surface area (Å²) in [5, 5.41) is 4.42. The quantitative estimate of drug-likeness (QED) is 0.835. The van der Waals surface area contributed by atoms with Crippen molar-refractivity contribution in [2.75, 3.05) is 6.54 Å². The van der Waals surface area contributed by atoms with E-state index in [0.29, 0.717) is 6.04 Å². The predicted octanol–water partition coefficient (Wildman–Crippen LogP) is 3.72. The number of thiocarbonyl (C=S) groups is 1. The van der Waals surface area contributed by atoms with E-state index in [4.69, 9.17) is 12.2 Å². The Labute approximate surface area is 127 Å². The Bertz CT molecular complexity index is 444. The Kier molecular flexibility index (Phi) is 4.56. The lowest BCUT2D eigenvalue weighted by Crippen LogP contribution is -2.52. The van der Waals surface area contributed by atoms with Crippen LogP contribution < -0.4 is 5.32 Å². The van der Waals surface area contributed by atoms with Gasteiger partial charge >= 0.3 is 0 Å². The van der Waals surface area contributed by atoms with E-state index in [1.165, 1.54) is 44.1 Å². The smallest absolute Gasteiger partial charge is 0.169 e. The van der Waals surface area contributed by atoms with Crippen LogP contribution in [0.4, 0.5) is 0 Å². The van der Waals surface area contributed by atoms with E-state index < -0.39 is 0 Å². The largest absolute Gasteiger partial charge is 0.358 e. The van der Waals surface area contributed by atoms with Crippen LogP contribution in [0.1, 0.15) is 44.1 Å². The zero-order valence-corrected chi connectivity index (χ0v) is 12.9. The molecule has 0 radical (unpaired) electrons. The van der Waals surface area contributed by atoms with Crippen molar-refractivity contribution in [2.45, 2.75) is 51.1 Å². The second kappa shape index (κ2) is 6.57. The second-order valence-corrected chi connectivity index (χ2v) is 6.48. The Morgan fingerprint density at radius 3 is 2.70 bits per heavy atom. The summed E-state index contributed by atoms with van der Waals surface area (Å²) in [6.07, 6.45) is 8.23. The van der Waals surface area contributed by atoms with Crippen molar-refractivity contribution in [3.8, 4) is 0 Å². The fourth-order valence-electron chi connectivity index (χ4n) is 3.75. The molecule has 1 aliphatic carbocycles. The molecule has 108 valence electrons. The van der Waals surface area contributed by atoms with Crippen LogP contribution in [0.15, 0.2) is 30.3 Å². The van der Waals surface area contributed by atoms with E-state index in [1.807, 2.05) is 0 Å². The first-order valence-corrected chi connectivity index (χ1v) is 8.34. The van der Waals surface area contributed by atoms with Crippen LogP contribution in [0.3, 0.4) is 0 Å². The standard InChI is InChI=1S/C17H24N2S/c20-17(18-13-14-7-2-1-3-8-14)19-12-6-10-15-9-4-5-11-16(15)19/h1-3,7-8,15-16H,4-6,9-13H2,(H,18,20)/t15-,16-/m1/s1. The molecular formula is C17H24N2S. The topological polar surface area (TPSA) is 15.3 Å². The normalized spacial score (nSPS) is 25.9. The molecule has 1 N–H and O–H groups in total. The van der Waals surface area contributed by atoms with E-state index in [-0.39, 0.29) is 0 Å². The maximum absolute atomic E-state index is 5.66. The first kappa shape index (κ1) is 13.9. The molecule has 3 rings (SSSR count). The Balaban J connectivity index is 1.58. The van der Waals surface area contributed by atoms with Crippen molar-refractivity contribution in [3.63, 3.8) is 0 Å². The number of likely N-dealkylation sites (tertiary alicyclic amines) is 1. The summed E-state index contributed by atoms with van der Waals surface area (Å²) in [6, 6.07) is 11.2. The molecule has 2 atom stereocenters. The lowest BCUT2D eigenvalue weighted by atomic mass is 9.78. The minimum absolute atomic E-state index is 0.702. The summed E-state index contributed by atoms with van der Waals surface area (Å²) in [5.74, 6) is 0.883. The van der Waals surface area contributed by atoms with Gasteiger partial charge in [0.1, 0.15) is 0 Å². The molecule has 0 aromatic heterocycles. The monoisotopic (exact) mass is 288 g/mol. The Hall–Kier alpha value is -1.09. The number of fused-ring (bicyclic) bond motifs is 1. The van der Waals surface area contributed by atoms with E-state index in [1.54, 1.807) is 0 Å². The van der Waals surface area contributed by atoms with Crippen LogP contribution in [0.2, 0.25) is 0 Å². The van der Waals surface area contributed by atoms with Crippen LogP contribution in [0.5, 0.6) is 0 Å². The molecular weight excluding hydrogens is 264 g/mol. The van der Waals surface area contributed by atoms with Crippen molar-refractivity contribution in [3.05, 3.63) is 35.9 Å². The summed E-state index contributed by atoms with van der Waals surface area (Å²) >= 11 is 5.66. The first-order chi connectivity index (χ1) is 9.84. The molecule has 2 aliphatic rings. The molecule has 3 heteroatoms. The fraction of sp³-hybridized carbons (Fsp3) is 0.588. The highest BCUT2D eigenvalue weighted by Gasteiger charge is 2.34. The number of rotatable bonds is 2. The van der Waals surface area contributed by atoms with Gasteiger partial charge < -0.3 is 10.2 Å². The van der Waals surface area contributed by atoms with Gasteiger partial charge in [-0.1, -0.05) is 43.2 Å². The number of hydrogen-bond donors (Lipinski definition) is 1. The van der Waals surface area contributed by atoms with Gasteiger partial charge in [-0.05, 0) is 49.4 Å². The van der Waals surface area contributed by atoms with Crippen molar-refractivity contribution >= 4 is 17.3 Å². The molecule has 1 aliphatic heterocycles. The number of piperidine rings is 1. The average molecular weight is 288 g/mol. The van der Waals surface area contributed by atoms with Gasteiger partial charge in [-0.15, -0.1) is 0 Å². The highest BCUT2D eigenvalue weighted by molar-refractivity contribution is 7.80. The van der Waals surface area contributed by atoms with Crippen molar-refractivity contribution < 1.29 is 0 Å². The molecule has 1 aromatic carbocycles. The summed E-state index contributed by atoms with van der Waals surface area (Å²) in [4.78, 5) is 2.48. The van der Waals surface area contributed by atoms with Crippen molar-refractivity contribution in [1.82, 2.24) is 10.2 Å². The molecule has 0 amide bonds. The Morgan fingerprint density at radius 2 is 1.85 bits per heavy atom. The third-order valence-corrected chi connectivity index (χ3v) is 5.17. The highest BCUT2D eigenvalue weighted by atomic mass is 32.1. The van der Waals surface area contributed by atoms with Gasteiger partial charge in [-0.2, -0.15) is 0 Å². The van der Waals surface area contributed by atoms with E-state index in [0.717, 1.165) is 24.1 Å².